The summed E-state index contributed by atoms with van der Waals surface area (Å²) in [5, 5.41) is 3.36. The molecule has 2 rings (SSSR count). The second-order valence-electron chi connectivity index (χ2n) is 4.90. The van der Waals surface area contributed by atoms with Gasteiger partial charge < -0.3 is 10.3 Å². The molecule has 0 aliphatic carbocycles. The standard InChI is InChI=1S/C13H21N3O/c1-16(9-11-4-7-14-8-5-11)10-13(17)12-3-2-6-15-12/h2-3,6,11,14-15H,4-5,7-10H2,1H3. The van der Waals surface area contributed by atoms with Crippen LogP contribution in [0.5, 0.6) is 0 Å². The number of carbonyl (C=O) groups is 1. The third kappa shape index (κ3) is 3.68. The van der Waals surface area contributed by atoms with Gasteiger partial charge in [-0.05, 0) is 51.0 Å². The lowest BCUT2D eigenvalue weighted by Crippen LogP contribution is -2.36. The molecule has 0 amide bonds. The predicted molar refractivity (Wildman–Crippen MR) is 68.2 cm³/mol. The highest BCUT2D eigenvalue weighted by Crippen LogP contribution is 2.12. The Balaban J connectivity index is 1.76. The second-order valence-corrected chi connectivity index (χ2v) is 4.90. The van der Waals surface area contributed by atoms with E-state index in [1.54, 1.807) is 6.20 Å². The molecule has 4 nitrogen and oxygen atoms in total. The summed E-state index contributed by atoms with van der Waals surface area (Å²) in [6, 6.07) is 3.70. The molecule has 0 saturated carbocycles. The van der Waals surface area contributed by atoms with Gasteiger partial charge in [0.05, 0.1) is 12.2 Å². The molecule has 0 unspecified atom stereocenters. The molecule has 17 heavy (non-hydrogen) atoms. The van der Waals surface area contributed by atoms with Gasteiger partial charge in [0.15, 0.2) is 5.78 Å². The van der Waals surface area contributed by atoms with Gasteiger partial charge >= 0.3 is 0 Å². The van der Waals surface area contributed by atoms with E-state index in [0.29, 0.717) is 12.2 Å². The molecule has 0 spiro atoms. The van der Waals surface area contributed by atoms with Crippen molar-refractivity contribution in [1.29, 1.82) is 0 Å². The molecule has 0 radical (unpaired) electrons. The monoisotopic (exact) mass is 235 g/mol. The van der Waals surface area contributed by atoms with Crippen LogP contribution in [0.2, 0.25) is 0 Å². The van der Waals surface area contributed by atoms with Crippen molar-refractivity contribution in [1.82, 2.24) is 15.2 Å². The molecular weight excluding hydrogens is 214 g/mol. The number of ketones is 1. The number of aromatic amines is 1. The molecule has 1 aromatic heterocycles. The van der Waals surface area contributed by atoms with Gasteiger partial charge in [0.2, 0.25) is 0 Å². The highest BCUT2D eigenvalue weighted by molar-refractivity contribution is 5.95. The van der Waals surface area contributed by atoms with Crippen molar-refractivity contribution in [2.24, 2.45) is 5.92 Å². The Morgan fingerprint density at radius 1 is 1.47 bits per heavy atom. The topological polar surface area (TPSA) is 48.1 Å². The average Bonchev–Trinajstić information content (AvgIpc) is 2.83. The maximum atomic E-state index is 11.9. The number of Topliss-reactive ketones (excluding diaryl/α,β-unsaturated/α-hetero) is 1. The Kier molecular flexibility index (Phi) is 4.34. The van der Waals surface area contributed by atoms with Gasteiger partial charge in [0.1, 0.15) is 0 Å². The van der Waals surface area contributed by atoms with Crippen molar-refractivity contribution in [3.8, 4) is 0 Å². The minimum absolute atomic E-state index is 0.173. The Hall–Kier alpha value is -1.13. The van der Waals surface area contributed by atoms with Gasteiger partial charge in [0, 0.05) is 12.7 Å². The Morgan fingerprint density at radius 2 is 2.24 bits per heavy atom. The first kappa shape index (κ1) is 12.3. The van der Waals surface area contributed by atoms with Gasteiger partial charge in [-0.2, -0.15) is 0 Å². The number of hydrogen-bond acceptors (Lipinski definition) is 3. The highest BCUT2D eigenvalue weighted by atomic mass is 16.1. The zero-order valence-corrected chi connectivity index (χ0v) is 10.4. The Labute approximate surface area is 102 Å². The van der Waals surface area contributed by atoms with Gasteiger partial charge in [0.25, 0.3) is 0 Å². The van der Waals surface area contributed by atoms with Crippen LogP contribution in [-0.4, -0.2) is 48.9 Å². The molecule has 4 heteroatoms. The predicted octanol–water partition coefficient (Wildman–Crippen LogP) is 1.13. The fraction of sp³-hybridized carbons (Fsp3) is 0.615. The summed E-state index contributed by atoms with van der Waals surface area (Å²) in [5.74, 6) is 0.907. The molecule has 1 aliphatic heterocycles. The van der Waals surface area contributed by atoms with Crippen LogP contribution in [0.25, 0.3) is 0 Å². The summed E-state index contributed by atoms with van der Waals surface area (Å²) in [6.07, 6.45) is 4.24. The van der Waals surface area contributed by atoms with E-state index in [0.717, 1.165) is 25.6 Å². The lowest BCUT2D eigenvalue weighted by molar-refractivity contribution is 0.0929. The quantitative estimate of drug-likeness (QED) is 0.752. The van der Waals surface area contributed by atoms with Gasteiger partial charge in [-0.25, -0.2) is 0 Å². The maximum absolute atomic E-state index is 11.9. The van der Waals surface area contributed by atoms with E-state index in [-0.39, 0.29) is 5.78 Å². The highest BCUT2D eigenvalue weighted by Gasteiger charge is 2.17. The lowest BCUT2D eigenvalue weighted by Gasteiger charge is -2.27. The number of nitrogens with one attached hydrogen (secondary N) is 2. The molecule has 94 valence electrons. The van der Waals surface area contributed by atoms with Crippen molar-refractivity contribution < 1.29 is 4.79 Å². The van der Waals surface area contributed by atoms with E-state index in [2.05, 4.69) is 15.2 Å². The minimum Gasteiger partial charge on any atom is -0.359 e. The van der Waals surface area contributed by atoms with E-state index >= 15 is 0 Å². The van der Waals surface area contributed by atoms with Crippen molar-refractivity contribution in [3.63, 3.8) is 0 Å². The zero-order chi connectivity index (χ0) is 12.1. The van der Waals surface area contributed by atoms with Crippen LogP contribution < -0.4 is 5.32 Å². The van der Waals surface area contributed by atoms with Gasteiger partial charge in [-0.15, -0.1) is 0 Å². The van der Waals surface area contributed by atoms with E-state index < -0.39 is 0 Å². The van der Waals surface area contributed by atoms with Crippen LogP contribution in [0.15, 0.2) is 18.3 Å². The Morgan fingerprint density at radius 3 is 2.88 bits per heavy atom. The van der Waals surface area contributed by atoms with Crippen LogP contribution >= 0.6 is 0 Å². The summed E-state index contributed by atoms with van der Waals surface area (Å²) in [6.45, 7) is 3.75. The third-order valence-corrected chi connectivity index (χ3v) is 3.34. The number of hydrogen-bond donors (Lipinski definition) is 2. The molecular formula is C13H21N3O. The van der Waals surface area contributed by atoms with E-state index in [1.165, 1.54) is 12.8 Å². The largest absolute Gasteiger partial charge is 0.359 e. The fourth-order valence-corrected chi connectivity index (χ4v) is 2.40. The molecule has 2 N–H and O–H groups in total. The number of nitrogens with zero attached hydrogens (tertiary/aromatic N) is 1. The molecule has 2 heterocycles. The molecule has 0 bridgehead atoms. The molecule has 1 saturated heterocycles. The number of piperidine rings is 1. The molecule has 1 aromatic rings. The fourth-order valence-electron chi connectivity index (χ4n) is 2.40. The van der Waals surface area contributed by atoms with Crippen molar-refractivity contribution in [2.75, 3.05) is 33.2 Å². The summed E-state index contributed by atoms with van der Waals surface area (Å²) in [5.41, 5.74) is 0.710. The van der Waals surface area contributed by atoms with E-state index in [4.69, 9.17) is 0 Å². The van der Waals surface area contributed by atoms with Gasteiger partial charge in [-0.3, -0.25) is 9.69 Å². The van der Waals surface area contributed by atoms with Crippen LogP contribution in [0, 0.1) is 5.92 Å². The minimum atomic E-state index is 0.173. The van der Waals surface area contributed by atoms with Crippen LogP contribution in [0.1, 0.15) is 23.3 Å². The first-order chi connectivity index (χ1) is 8.25. The smallest absolute Gasteiger partial charge is 0.192 e. The average molecular weight is 235 g/mol. The molecule has 0 atom stereocenters. The second kappa shape index (κ2) is 5.98. The van der Waals surface area contributed by atoms with Crippen molar-refractivity contribution in [2.45, 2.75) is 12.8 Å². The maximum Gasteiger partial charge on any atom is 0.192 e. The van der Waals surface area contributed by atoms with Crippen LogP contribution in [0.4, 0.5) is 0 Å². The zero-order valence-electron chi connectivity index (χ0n) is 10.4. The summed E-state index contributed by atoms with van der Waals surface area (Å²) >= 11 is 0. The molecule has 1 fully saturated rings. The number of rotatable bonds is 5. The van der Waals surface area contributed by atoms with Crippen molar-refractivity contribution >= 4 is 5.78 Å². The van der Waals surface area contributed by atoms with Gasteiger partial charge in [-0.1, -0.05) is 0 Å². The number of carbonyl (C=O) groups excluding carboxylic acids is 1. The van der Waals surface area contributed by atoms with Crippen LogP contribution in [-0.2, 0) is 0 Å². The van der Waals surface area contributed by atoms with Crippen molar-refractivity contribution in [3.05, 3.63) is 24.0 Å². The first-order valence-electron chi connectivity index (χ1n) is 6.31. The summed E-state index contributed by atoms with van der Waals surface area (Å²) in [4.78, 5) is 17.0. The summed E-state index contributed by atoms with van der Waals surface area (Å²) < 4.78 is 0. The Bertz CT molecular complexity index is 342. The third-order valence-electron chi connectivity index (χ3n) is 3.34. The van der Waals surface area contributed by atoms with Crippen LogP contribution in [0.3, 0.4) is 0 Å². The number of H-pyrrole nitrogens is 1. The van der Waals surface area contributed by atoms with E-state index in [9.17, 15) is 4.79 Å². The SMILES string of the molecule is CN(CC(=O)c1ccc[nH]1)CC1CCNCC1. The number of likely N-dealkylation sites (N-methyl/N-ethyl adjacent to an activating group) is 1. The lowest BCUT2D eigenvalue weighted by atomic mass is 9.97. The first-order valence-corrected chi connectivity index (χ1v) is 6.31. The van der Waals surface area contributed by atoms with E-state index in [1.807, 2.05) is 19.2 Å². The normalized spacial score (nSPS) is 17.5. The number of aromatic nitrogens is 1. The molecule has 1 aliphatic rings. The molecule has 0 aromatic carbocycles. The summed E-state index contributed by atoms with van der Waals surface area (Å²) in [7, 11) is 2.03.